The van der Waals surface area contributed by atoms with E-state index in [4.69, 9.17) is 14.0 Å². The van der Waals surface area contributed by atoms with E-state index in [1.165, 1.54) is 0 Å². The summed E-state index contributed by atoms with van der Waals surface area (Å²) in [7, 11) is -2.16. The summed E-state index contributed by atoms with van der Waals surface area (Å²) in [6, 6.07) is -3.72. The zero-order valence-electron chi connectivity index (χ0n) is 14.9. The molecule has 0 fully saturated rings. The quantitative estimate of drug-likeness (QED) is 0.606. The lowest BCUT2D eigenvalue weighted by molar-refractivity contribution is 0.426. The molecule has 0 saturated carbocycles. The predicted octanol–water partition coefficient (Wildman–Crippen LogP) is 1.27. The third-order valence-electron chi connectivity index (χ3n) is 2.24. The van der Waals surface area contributed by atoms with Gasteiger partial charge in [0.15, 0.2) is 0 Å². The maximum absolute atomic E-state index is 9.54. The number of benzene rings is 2. The van der Waals surface area contributed by atoms with Crippen molar-refractivity contribution in [3.05, 3.63) is 42.3 Å². The maximum atomic E-state index is 9.54. The number of hydrogen-bond acceptors (Lipinski definition) is 3. The third kappa shape index (κ3) is 1.24. The van der Waals surface area contributed by atoms with Crippen molar-refractivity contribution in [2.45, 2.75) is 0 Å². The van der Waals surface area contributed by atoms with Gasteiger partial charge in [-0.05, 0) is 17.5 Å². The van der Waals surface area contributed by atoms with Gasteiger partial charge in [-0.3, -0.25) is 0 Å². The first kappa shape index (κ1) is 4.61. The molecule has 0 spiro atoms. The fourth-order valence-electron chi connectivity index (χ4n) is 1.58. The van der Waals surface area contributed by atoms with Gasteiger partial charge in [0.1, 0.15) is 11.2 Å². The van der Waals surface area contributed by atoms with Crippen LogP contribution in [-0.4, -0.2) is 17.2 Å². The topological polar surface area (TPSA) is 53.6 Å². The van der Waals surface area contributed by atoms with E-state index in [9.17, 15) is 10.0 Å². The third-order valence-corrected chi connectivity index (χ3v) is 2.24. The zero-order chi connectivity index (χ0) is 17.2. The minimum absolute atomic E-state index is 0.142. The van der Waals surface area contributed by atoms with Gasteiger partial charge in [0.25, 0.3) is 0 Å². The van der Waals surface area contributed by atoms with Crippen molar-refractivity contribution in [2.24, 2.45) is 0 Å². The van der Waals surface area contributed by atoms with E-state index in [1.54, 1.807) is 0 Å². The molecular weight excluding hydrogens is 203 g/mol. The van der Waals surface area contributed by atoms with Crippen molar-refractivity contribution in [1.82, 2.24) is 0 Å². The van der Waals surface area contributed by atoms with E-state index < -0.39 is 54.9 Å². The van der Waals surface area contributed by atoms with Gasteiger partial charge in [-0.25, -0.2) is 0 Å². The molecule has 0 aliphatic carbocycles. The van der Waals surface area contributed by atoms with Gasteiger partial charge in [0.05, 0.1) is 9.60 Å². The van der Waals surface area contributed by atoms with Crippen LogP contribution in [0, 0.1) is 0 Å². The highest BCUT2D eigenvalue weighted by molar-refractivity contribution is 6.62. The fourth-order valence-corrected chi connectivity index (χ4v) is 1.58. The SMILES string of the molecule is [2H]c1c([2H])c([2H])c2c(oc3c([2H])c([2H])c([2H])c(B(O)O)c32)c1[2H]. The van der Waals surface area contributed by atoms with Crippen LogP contribution in [0.25, 0.3) is 21.9 Å². The summed E-state index contributed by atoms with van der Waals surface area (Å²) in [6.45, 7) is 0. The van der Waals surface area contributed by atoms with Crippen LogP contribution in [0.1, 0.15) is 9.60 Å². The smallest absolute Gasteiger partial charge is 0.456 e. The molecule has 1 aromatic heterocycles. The van der Waals surface area contributed by atoms with Gasteiger partial charge < -0.3 is 14.5 Å². The molecule has 78 valence electrons. The highest BCUT2D eigenvalue weighted by atomic mass is 16.4. The second-order valence-electron chi connectivity index (χ2n) is 3.17. The molecule has 0 radical (unpaired) electrons. The Morgan fingerprint density at radius 3 is 2.56 bits per heavy atom. The Hall–Kier alpha value is -1.78. The van der Waals surface area contributed by atoms with E-state index in [0.29, 0.717) is 0 Å². The molecule has 0 unspecified atom stereocenters. The van der Waals surface area contributed by atoms with Gasteiger partial charge in [-0.15, -0.1) is 0 Å². The van der Waals surface area contributed by atoms with Crippen LogP contribution >= 0.6 is 0 Å². The van der Waals surface area contributed by atoms with E-state index >= 15 is 0 Å². The van der Waals surface area contributed by atoms with Crippen molar-refractivity contribution in [3.63, 3.8) is 0 Å². The number of fused-ring (bicyclic) bond motifs is 3. The molecule has 0 aliphatic rings. The molecule has 0 aliphatic heterocycles. The van der Waals surface area contributed by atoms with Crippen LogP contribution in [0.2, 0.25) is 0 Å². The van der Waals surface area contributed by atoms with Crippen LogP contribution in [-0.2, 0) is 0 Å². The zero-order valence-corrected chi connectivity index (χ0v) is 7.88. The molecule has 2 N–H and O–H groups in total. The minimum atomic E-state index is -2.16. The Morgan fingerprint density at radius 2 is 1.75 bits per heavy atom. The molecule has 3 rings (SSSR count). The minimum Gasteiger partial charge on any atom is -0.456 e. The molecule has 16 heavy (non-hydrogen) atoms. The standard InChI is InChI=1S/C12H9BO3/c14-13(15)9-5-3-7-11-12(9)8-4-1-2-6-10(8)16-11/h1-7,14-15H/i1D,2D,3D,4D,5D,6D,7D. The number of furan rings is 1. The summed E-state index contributed by atoms with van der Waals surface area (Å²) in [6.07, 6.45) is 0. The van der Waals surface area contributed by atoms with Crippen LogP contribution in [0.5, 0.6) is 0 Å². The lowest BCUT2D eigenvalue weighted by atomic mass is 9.77. The molecular formula is C12H9BO3. The van der Waals surface area contributed by atoms with Crippen LogP contribution < -0.4 is 5.46 Å². The number of hydrogen-bond donors (Lipinski definition) is 2. The first-order valence-corrected chi connectivity index (χ1v) is 4.46. The van der Waals surface area contributed by atoms with E-state index in [2.05, 4.69) is 0 Å². The molecule has 4 heteroatoms. The summed E-state index contributed by atoms with van der Waals surface area (Å²) in [5.74, 6) is 0. The average Bonchev–Trinajstić information content (AvgIpc) is 2.88. The van der Waals surface area contributed by atoms with Gasteiger partial charge >= 0.3 is 7.12 Å². The Balaban J connectivity index is 2.74. The van der Waals surface area contributed by atoms with Gasteiger partial charge in [-0.2, -0.15) is 0 Å². The van der Waals surface area contributed by atoms with Crippen molar-refractivity contribution in [1.29, 1.82) is 0 Å². The second-order valence-corrected chi connectivity index (χ2v) is 3.17. The summed E-state index contributed by atoms with van der Waals surface area (Å²) in [4.78, 5) is 0. The monoisotopic (exact) mass is 219 g/mol. The summed E-state index contributed by atoms with van der Waals surface area (Å²) in [5, 5.41) is 18.8. The first-order chi connectivity index (χ1) is 10.7. The normalized spacial score (nSPS) is 17.2. The predicted molar refractivity (Wildman–Crippen MR) is 63.5 cm³/mol. The Labute approximate surface area is 102 Å². The van der Waals surface area contributed by atoms with Gasteiger partial charge in [-0.1, -0.05) is 30.2 Å². The van der Waals surface area contributed by atoms with E-state index in [0.717, 1.165) is 0 Å². The Bertz CT molecular complexity index is 983. The second kappa shape index (κ2) is 3.37. The Morgan fingerprint density at radius 1 is 1.00 bits per heavy atom. The largest absolute Gasteiger partial charge is 0.489 e. The molecule has 1 heterocycles. The van der Waals surface area contributed by atoms with Crippen LogP contribution in [0.4, 0.5) is 0 Å². The number of rotatable bonds is 1. The summed E-state index contributed by atoms with van der Waals surface area (Å²) < 4.78 is 59.9. The Kier molecular flexibility index (Phi) is 0.971. The summed E-state index contributed by atoms with van der Waals surface area (Å²) >= 11 is 0. The lowest BCUT2D eigenvalue weighted by Gasteiger charge is -2.00. The first-order valence-electron chi connectivity index (χ1n) is 7.96. The molecule has 3 nitrogen and oxygen atoms in total. The van der Waals surface area contributed by atoms with E-state index in [1.807, 2.05) is 0 Å². The van der Waals surface area contributed by atoms with Gasteiger partial charge in [0.2, 0.25) is 0 Å². The van der Waals surface area contributed by atoms with Crippen molar-refractivity contribution in [2.75, 3.05) is 0 Å². The van der Waals surface area contributed by atoms with Crippen LogP contribution in [0.3, 0.4) is 0 Å². The molecule has 0 bridgehead atoms. The van der Waals surface area contributed by atoms with E-state index in [-0.39, 0.29) is 21.9 Å². The highest BCUT2D eigenvalue weighted by Gasteiger charge is 2.18. The van der Waals surface area contributed by atoms with Crippen LogP contribution in [0.15, 0.2) is 46.7 Å². The molecule has 0 amide bonds. The van der Waals surface area contributed by atoms with Crippen molar-refractivity contribution >= 4 is 34.5 Å². The molecule has 0 saturated heterocycles. The molecule has 2 aromatic carbocycles. The summed E-state index contributed by atoms with van der Waals surface area (Å²) in [5.41, 5.74) is -0.965. The lowest BCUT2D eigenvalue weighted by Crippen LogP contribution is -2.30. The molecule has 0 atom stereocenters. The molecule has 3 aromatic rings. The van der Waals surface area contributed by atoms with Crippen molar-refractivity contribution in [3.8, 4) is 0 Å². The fraction of sp³-hybridized carbons (Fsp3) is 0. The number of para-hydroxylation sites is 1. The average molecular weight is 219 g/mol. The highest BCUT2D eigenvalue weighted by Crippen LogP contribution is 2.26. The van der Waals surface area contributed by atoms with Crippen molar-refractivity contribution < 1.29 is 24.1 Å². The maximum Gasteiger partial charge on any atom is 0.489 e. The van der Waals surface area contributed by atoms with Gasteiger partial charge in [0, 0.05) is 10.8 Å².